The fourth-order valence-electron chi connectivity index (χ4n) is 1.47. The van der Waals surface area contributed by atoms with E-state index < -0.39 is 0 Å². The lowest BCUT2D eigenvalue weighted by Crippen LogP contribution is -2.40. The van der Waals surface area contributed by atoms with Gasteiger partial charge in [-0.1, -0.05) is 26.0 Å². The van der Waals surface area contributed by atoms with Gasteiger partial charge in [-0.05, 0) is 30.5 Å². The molecular weight excluding hydrogens is 228 g/mol. The summed E-state index contributed by atoms with van der Waals surface area (Å²) in [6.07, 6.45) is 0. The summed E-state index contributed by atoms with van der Waals surface area (Å²) in [5, 5.41) is 2.74. The van der Waals surface area contributed by atoms with Crippen molar-refractivity contribution in [3.63, 3.8) is 0 Å². The number of rotatable bonds is 6. The van der Waals surface area contributed by atoms with E-state index in [2.05, 4.69) is 19.2 Å². The van der Waals surface area contributed by atoms with E-state index in [0.29, 0.717) is 18.2 Å². The average molecular weight is 250 g/mol. The molecule has 1 rings (SSSR count). The van der Waals surface area contributed by atoms with Crippen molar-refractivity contribution in [2.45, 2.75) is 32.7 Å². The summed E-state index contributed by atoms with van der Waals surface area (Å²) in [7, 11) is 0. The van der Waals surface area contributed by atoms with Gasteiger partial charge in [0.05, 0.1) is 0 Å². The van der Waals surface area contributed by atoms with Gasteiger partial charge < -0.3 is 15.8 Å². The largest absolute Gasteiger partial charge is 0.484 e. The highest BCUT2D eigenvalue weighted by molar-refractivity contribution is 5.77. The third kappa shape index (κ3) is 4.75. The SMILES string of the molecule is CC(CN)NC(=O)COc1ccc(C(C)C)cc1. The smallest absolute Gasteiger partial charge is 0.258 e. The first-order valence-electron chi connectivity index (χ1n) is 6.25. The average Bonchev–Trinajstić information content (AvgIpc) is 2.36. The molecule has 4 heteroatoms. The quantitative estimate of drug-likeness (QED) is 0.807. The second-order valence-electron chi connectivity index (χ2n) is 4.72. The van der Waals surface area contributed by atoms with E-state index in [9.17, 15) is 4.79 Å². The van der Waals surface area contributed by atoms with E-state index in [0.717, 1.165) is 0 Å². The molecule has 0 aromatic heterocycles. The fourth-order valence-corrected chi connectivity index (χ4v) is 1.47. The number of hydrogen-bond acceptors (Lipinski definition) is 3. The molecular formula is C14H22N2O2. The van der Waals surface area contributed by atoms with Crippen LogP contribution in [0.2, 0.25) is 0 Å². The predicted octanol–water partition coefficient (Wildman–Crippen LogP) is 1.65. The first kappa shape index (κ1) is 14.5. The summed E-state index contributed by atoms with van der Waals surface area (Å²) < 4.78 is 5.40. The Hall–Kier alpha value is -1.55. The summed E-state index contributed by atoms with van der Waals surface area (Å²) in [5.74, 6) is 1.04. The molecule has 1 aromatic rings. The molecule has 0 aliphatic rings. The first-order valence-corrected chi connectivity index (χ1v) is 6.25. The Kier molecular flexibility index (Phi) is 5.65. The predicted molar refractivity (Wildman–Crippen MR) is 72.7 cm³/mol. The highest BCUT2D eigenvalue weighted by Gasteiger charge is 2.06. The number of carbonyl (C=O) groups is 1. The second kappa shape index (κ2) is 7.01. The van der Waals surface area contributed by atoms with Crippen LogP contribution in [0, 0.1) is 0 Å². The van der Waals surface area contributed by atoms with E-state index in [4.69, 9.17) is 10.5 Å². The minimum atomic E-state index is -0.152. The summed E-state index contributed by atoms with van der Waals surface area (Å²) in [4.78, 5) is 11.5. The summed E-state index contributed by atoms with van der Waals surface area (Å²) in [5.41, 5.74) is 6.67. The zero-order chi connectivity index (χ0) is 13.5. The minimum Gasteiger partial charge on any atom is -0.484 e. The summed E-state index contributed by atoms with van der Waals surface area (Å²) >= 11 is 0. The van der Waals surface area contributed by atoms with E-state index in [1.54, 1.807) is 0 Å². The lowest BCUT2D eigenvalue weighted by Gasteiger charge is -2.12. The Morgan fingerprint density at radius 3 is 2.39 bits per heavy atom. The van der Waals surface area contributed by atoms with Crippen LogP contribution in [0.25, 0.3) is 0 Å². The van der Waals surface area contributed by atoms with Gasteiger partial charge in [0.25, 0.3) is 5.91 Å². The topological polar surface area (TPSA) is 64.3 Å². The molecule has 100 valence electrons. The summed E-state index contributed by atoms with van der Waals surface area (Å²) in [6, 6.07) is 7.77. The van der Waals surface area contributed by atoms with Crippen molar-refractivity contribution in [2.75, 3.05) is 13.2 Å². The molecule has 1 amide bonds. The number of ether oxygens (including phenoxy) is 1. The van der Waals surface area contributed by atoms with Crippen LogP contribution in [-0.4, -0.2) is 25.1 Å². The molecule has 0 heterocycles. The van der Waals surface area contributed by atoms with Gasteiger partial charge in [0.2, 0.25) is 0 Å². The molecule has 0 bridgehead atoms. The Labute approximate surface area is 109 Å². The van der Waals surface area contributed by atoms with Crippen molar-refractivity contribution >= 4 is 5.91 Å². The van der Waals surface area contributed by atoms with Crippen molar-refractivity contribution < 1.29 is 9.53 Å². The van der Waals surface area contributed by atoms with Gasteiger partial charge in [-0.2, -0.15) is 0 Å². The van der Waals surface area contributed by atoms with Crippen LogP contribution in [-0.2, 0) is 4.79 Å². The third-order valence-electron chi connectivity index (χ3n) is 2.68. The Morgan fingerprint density at radius 2 is 1.89 bits per heavy atom. The molecule has 0 spiro atoms. The fraction of sp³-hybridized carbons (Fsp3) is 0.500. The van der Waals surface area contributed by atoms with Crippen molar-refractivity contribution in [1.29, 1.82) is 0 Å². The molecule has 3 N–H and O–H groups in total. The second-order valence-corrected chi connectivity index (χ2v) is 4.72. The maximum atomic E-state index is 11.5. The van der Waals surface area contributed by atoms with Crippen LogP contribution in [0.3, 0.4) is 0 Å². The van der Waals surface area contributed by atoms with E-state index in [-0.39, 0.29) is 18.6 Å². The standard InChI is InChI=1S/C14H22N2O2/c1-10(2)12-4-6-13(7-5-12)18-9-14(17)16-11(3)8-15/h4-7,10-11H,8-9,15H2,1-3H3,(H,16,17). The molecule has 1 unspecified atom stereocenters. The normalized spacial score (nSPS) is 12.3. The van der Waals surface area contributed by atoms with Crippen LogP contribution in [0.4, 0.5) is 0 Å². The monoisotopic (exact) mass is 250 g/mol. The lowest BCUT2D eigenvalue weighted by atomic mass is 10.0. The first-order chi connectivity index (χ1) is 8.52. The number of nitrogens with two attached hydrogens (primary N) is 1. The van der Waals surface area contributed by atoms with Gasteiger partial charge in [-0.15, -0.1) is 0 Å². The number of amides is 1. The number of carbonyl (C=O) groups excluding carboxylic acids is 1. The van der Waals surface area contributed by atoms with Crippen LogP contribution in [0.15, 0.2) is 24.3 Å². The van der Waals surface area contributed by atoms with Gasteiger partial charge in [0.15, 0.2) is 6.61 Å². The highest BCUT2D eigenvalue weighted by atomic mass is 16.5. The van der Waals surface area contributed by atoms with Crippen molar-refractivity contribution in [3.05, 3.63) is 29.8 Å². The Bertz CT molecular complexity index is 374. The van der Waals surface area contributed by atoms with Gasteiger partial charge in [-0.25, -0.2) is 0 Å². The maximum Gasteiger partial charge on any atom is 0.258 e. The number of nitrogens with one attached hydrogen (secondary N) is 1. The molecule has 0 saturated carbocycles. The minimum absolute atomic E-state index is 0.0192. The molecule has 0 aliphatic carbocycles. The van der Waals surface area contributed by atoms with E-state index in [1.807, 2.05) is 31.2 Å². The van der Waals surface area contributed by atoms with Crippen LogP contribution in [0.1, 0.15) is 32.3 Å². The molecule has 0 radical (unpaired) electrons. The number of hydrogen-bond donors (Lipinski definition) is 2. The van der Waals surface area contributed by atoms with Gasteiger partial charge in [0, 0.05) is 12.6 Å². The van der Waals surface area contributed by atoms with Crippen LogP contribution < -0.4 is 15.8 Å². The molecule has 1 atom stereocenters. The Morgan fingerprint density at radius 1 is 1.28 bits per heavy atom. The van der Waals surface area contributed by atoms with Crippen molar-refractivity contribution in [2.24, 2.45) is 5.73 Å². The highest BCUT2D eigenvalue weighted by Crippen LogP contribution is 2.18. The zero-order valence-electron chi connectivity index (χ0n) is 11.3. The van der Waals surface area contributed by atoms with Gasteiger partial charge >= 0.3 is 0 Å². The summed E-state index contributed by atoms with van der Waals surface area (Å²) in [6.45, 7) is 6.57. The van der Waals surface area contributed by atoms with Crippen molar-refractivity contribution in [3.8, 4) is 5.75 Å². The maximum absolute atomic E-state index is 11.5. The van der Waals surface area contributed by atoms with Gasteiger partial charge in [0.1, 0.15) is 5.75 Å². The van der Waals surface area contributed by atoms with Gasteiger partial charge in [-0.3, -0.25) is 4.79 Å². The van der Waals surface area contributed by atoms with Crippen LogP contribution in [0.5, 0.6) is 5.75 Å². The van der Waals surface area contributed by atoms with Crippen molar-refractivity contribution in [1.82, 2.24) is 5.32 Å². The molecule has 1 aromatic carbocycles. The molecule has 18 heavy (non-hydrogen) atoms. The molecule has 0 aliphatic heterocycles. The van der Waals surface area contributed by atoms with E-state index >= 15 is 0 Å². The third-order valence-corrected chi connectivity index (χ3v) is 2.68. The zero-order valence-corrected chi connectivity index (χ0v) is 11.3. The lowest BCUT2D eigenvalue weighted by molar-refractivity contribution is -0.123. The van der Waals surface area contributed by atoms with Crippen LogP contribution >= 0.6 is 0 Å². The molecule has 0 fully saturated rings. The Balaban J connectivity index is 2.41. The molecule has 4 nitrogen and oxygen atoms in total. The molecule has 0 saturated heterocycles. The number of benzene rings is 1. The van der Waals surface area contributed by atoms with E-state index in [1.165, 1.54) is 5.56 Å².